The fourth-order valence-electron chi connectivity index (χ4n) is 5.63. The molecule has 0 aliphatic heterocycles. The summed E-state index contributed by atoms with van der Waals surface area (Å²) in [6, 6.07) is 7.75. The number of fused-ring (bicyclic) bond motifs is 5. The summed E-state index contributed by atoms with van der Waals surface area (Å²) in [5.74, 6) is 0.0806. The van der Waals surface area contributed by atoms with Gasteiger partial charge in [0.25, 0.3) is 0 Å². The number of likely N-dealkylation sites (N-methyl/N-ethyl adjacent to an activating group) is 1. The molecule has 1 aromatic carbocycles. The van der Waals surface area contributed by atoms with Crippen molar-refractivity contribution in [2.45, 2.75) is 52.0 Å². The molecule has 5 rings (SSSR count). The maximum absolute atomic E-state index is 13.3. The number of rotatable bonds is 7. The van der Waals surface area contributed by atoms with Gasteiger partial charge >= 0.3 is 0 Å². The first kappa shape index (κ1) is 25.8. The molecule has 0 saturated carbocycles. The number of pyridine rings is 1. The molecule has 2 aliphatic rings. The summed E-state index contributed by atoms with van der Waals surface area (Å²) in [6.45, 7) is 7.73. The number of carbonyl (C=O) groups excluding carboxylic acids is 3. The number of furan rings is 1. The van der Waals surface area contributed by atoms with Crippen LogP contribution < -0.4 is 5.32 Å². The van der Waals surface area contributed by atoms with Crippen LogP contribution in [0, 0.1) is 6.92 Å². The summed E-state index contributed by atoms with van der Waals surface area (Å²) in [7, 11) is 1.93. The predicted molar refractivity (Wildman–Crippen MR) is 146 cm³/mol. The monoisotopic (exact) mass is 511 g/mol. The summed E-state index contributed by atoms with van der Waals surface area (Å²) < 4.78 is 6.29. The van der Waals surface area contributed by atoms with E-state index < -0.39 is 11.6 Å². The summed E-state index contributed by atoms with van der Waals surface area (Å²) in [5.41, 5.74) is 5.34. The lowest BCUT2D eigenvalue weighted by Crippen LogP contribution is -2.31. The van der Waals surface area contributed by atoms with Gasteiger partial charge in [-0.1, -0.05) is 32.0 Å². The molecular formula is C31H33N3O4. The van der Waals surface area contributed by atoms with Crippen LogP contribution >= 0.6 is 0 Å². The van der Waals surface area contributed by atoms with Gasteiger partial charge in [0.1, 0.15) is 11.5 Å². The van der Waals surface area contributed by atoms with Gasteiger partial charge < -0.3 is 9.73 Å². The third kappa shape index (κ3) is 4.74. The van der Waals surface area contributed by atoms with Crippen LogP contribution in [0.5, 0.6) is 0 Å². The molecule has 2 heterocycles. The van der Waals surface area contributed by atoms with Crippen LogP contribution in [-0.4, -0.2) is 47.5 Å². The highest BCUT2D eigenvalue weighted by Gasteiger charge is 2.40. The van der Waals surface area contributed by atoms with E-state index in [-0.39, 0.29) is 11.3 Å². The van der Waals surface area contributed by atoms with Gasteiger partial charge in [-0.25, -0.2) is 0 Å². The zero-order valence-corrected chi connectivity index (χ0v) is 22.4. The van der Waals surface area contributed by atoms with E-state index in [9.17, 15) is 14.4 Å². The fourth-order valence-corrected chi connectivity index (χ4v) is 5.63. The summed E-state index contributed by atoms with van der Waals surface area (Å²) >= 11 is 0. The first-order chi connectivity index (χ1) is 18.2. The quantitative estimate of drug-likeness (QED) is 0.358. The molecule has 0 spiro atoms. The number of hydrogen-bond acceptors (Lipinski definition) is 6. The number of aromatic nitrogens is 1. The lowest BCUT2D eigenvalue weighted by atomic mass is 9.69. The second kappa shape index (κ2) is 10.1. The Morgan fingerprint density at radius 2 is 1.97 bits per heavy atom. The predicted octanol–water partition coefficient (Wildman–Crippen LogP) is 4.90. The highest BCUT2D eigenvalue weighted by Crippen LogP contribution is 2.45. The molecule has 38 heavy (non-hydrogen) atoms. The number of nitrogens with one attached hydrogen (secondary N) is 1. The number of hydrogen-bond donors (Lipinski definition) is 1. The highest BCUT2D eigenvalue weighted by molar-refractivity contribution is 6.53. The Kier molecular flexibility index (Phi) is 6.88. The lowest BCUT2D eigenvalue weighted by Gasteiger charge is -2.34. The molecule has 0 radical (unpaired) electrons. The molecule has 0 atom stereocenters. The van der Waals surface area contributed by atoms with Crippen molar-refractivity contribution in [1.82, 2.24) is 15.2 Å². The molecule has 2 aliphatic carbocycles. The Balaban J connectivity index is 1.30. The third-order valence-electron chi connectivity index (χ3n) is 7.74. The van der Waals surface area contributed by atoms with Crippen LogP contribution in [0.25, 0.3) is 17.4 Å². The average molecular weight is 512 g/mol. The molecule has 1 N–H and O–H groups in total. The first-order valence-electron chi connectivity index (χ1n) is 13.1. The van der Waals surface area contributed by atoms with E-state index in [1.165, 1.54) is 6.08 Å². The maximum atomic E-state index is 13.3. The molecule has 0 fully saturated rings. The molecule has 3 aromatic rings. The number of Topliss-reactive ketones (excluding diaryl/α,β-unsaturated/α-hetero) is 2. The highest BCUT2D eigenvalue weighted by atomic mass is 16.3. The van der Waals surface area contributed by atoms with E-state index in [1.807, 2.05) is 37.1 Å². The molecular weight excluding hydrogens is 478 g/mol. The molecule has 0 bridgehead atoms. The molecule has 0 saturated heterocycles. The van der Waals surface area contributed by atoms with E-state index in [1.54, 1.807) is 18.5 Å². The van der Waals surface area contributed by atoms with E-state index in [2.05, 4.69) is 30.2 Å². The van der Waals surface area contributed by atoms with Gasteiger partial charge in [0.05, 0.1) is 12.1 Å². The fraction of sp³-hybridized carbons (Fsp3) is 0.355. The Morgan fingerprint density at radius 1 is 1.18 bits per heavy atom. The molecule has 7 nitrogen and oxygen atoms in total. The smallest absolute Gasteiger partial charge is 0.244 e. The Labute approximate surface area is 222 Å². The molecule has 7 heteroatoms. The van der Waals surface area contributed by atoms with Crippen molar-refractivity contribution in [1.29, 1.82) is 0 Å². The average Bonchev–Trinajstić information content (AvgIpc) is 3.21. The van der Waals surface area contributed by atoms with E-state index in [4.69, 9.17) is 4.42 Å². The van der Waals surface area contributed by atoms with Crippen LogP contribution in [0.3, 0.4) is 0 Å². The van der Waals surface area contributed by atoms with E-state index in [0.29, 0.717) is 47.8 Å². The van der Waals surface area contributed by atoms with Gasteiger partial charge in [-0.15, -0.1) is 0 Å². The van der Waals surface area contributed by atoms with Crippen molar-refractivity contribution in [3.8, 4) is 11.3 Å². The minimum Gasteiger partial charge on any atom is -0.459 e. The minimum atomic E-state index is -0.480. The van der Waals surface area contributed by atoms with Gasteiger partial charge in [0, 0.05) is 48.2 Å². The summed E-state index contributed by atoms with van der Waals surface area (Å²) in [6.07, 6.45) is 9.44. The number of nitrogens with zero attached hydrogens (tertiary/aromatic N) is 2. The van der Waals surface area contributed by atoms with Crippen LogP contribution in [0.4, 0.5) is 0 Å². The van der Waals surface area contributed by atoms with E-state index >= 15 is 0 Å². The second-order valence-corrected chi connectivity index (χ2v) is 10.9. The molecule has 0 unspecified atom stereocenters. The second-order valence-electron chi connectivity index (χ2n) is 10.9. The van der Waals surface area contributed by atoms with Crippen LogP contribution in [0.1, 0.15) is 75.4 Å². The topological polar surface area (TPSA) is 92.5 Å². The van der Waals surface area contributed by atoms with Crippen molar-refractivity contribution in [2.24, 2.45) is 0 Å². The first-order valence-corrected chi connectivity index (χ1v) is 13.1. The number of amides is 1. The van der Waals surface area contributed by atoms with Crippen molar-refractivity contribution in [3.63, 3.8) is 0 Å². The zero-order valence-electron chi connectivity index (χ0n) is 22.4. The third-order valence-corrected chi connectivity index (χ3v) is 7.74. The summed E-state index contributed by atoms with van der Waals surface area (Å²) in [5, 5.41) is 2.88. The van der Waals surface area contributed by atoms with Gasteiger partial charge in [-0.05, 0) is 67.5 Å². The van der Waals surface area contributed by atoms with Crippen molar-refractivity contribution >= 4 is 23.5 Å². The molecule has 196 valence electrons. The van der Waals surface area contributed by atoms with Gasteiger partial charge in [0.15, 0.2) is 0 Å². The number of benzene rings is 1. The van der Waals surface area contributed by atoms with Crippen molar-refractivity contribution < 1.29 is 18.8 Å². The molecule has 1 amide bonds. The number of ketones is 2. The molecule has 2 aromatic heterocycles. The van der Waals surface area contributed by atoms with Gasteiger partial charge in [-0.3, -0.25) is 24.3 Å². The standard InChI is InChI=1S/C31H33N3O4/c1-19-24(18-34(4)16-15-33-25(35)12-9-20-7-6-14-32-17-20)38-30-22-10-11-23-21(8-5-13-31(23,2)3)27(22)29(37)28(36)26(19)30/h6-7,9-12,14,17H,5,8,13,15-16,18H2,1-4H3,(H,33,35)/b12-9+. The minimum absolute atomic E-state index is 0.0247. The summed E-state index contributed by atoms with van der Waals surface area (Å²) in [4.78, 5) is 44.8. The van der Waals surface area contributed by atoms with Crippen LogP contribution in [0.15, 0.2) is 47.2 Å². The Morgan fingerprint density at radius 3 is 2.74 bits per heavy atom. The van der Waals surface area contributed by atoms with E-state index in [0.717, 1.165) is 41.5 Å². The maximum Gasteiger partial charge on any atom is 0.244 e. The Bertz CT molecular complexity index is 1450. The largest absolute Gasteiger partial charge is 0.459 e. The Hall–Kier alpha value is -3.84. The van der Waals surface area contributed by atoms with Crippen molar-refractivity contribution in [3.05, 3.63) is 81.9 Å². The zero-order chi connectivity index (χ0) is 27.0. The van der Waals surface area contributed by atoms with Crippen LogP contribution in [0.2, 0.25) is 0 Å². The SMILES string of the molecule is Cc1c(CN(C)CCNC(=O)/C=C/c2cccnc2)oc2c1C(=O)C(=O)c1c-2ccc2c1CCCC2(C)C. The van der Waals surface area contributed by atoms with Gasteiger partial charge in [-0.2, -0.15) is 0 Å². The van der Waals surface area contributed by atoms with Crippen molar-refractivity contribution in [2.75, 3.05) is 20.1 Å². The lowest BCUT2D eigenvalue weighted by molar-refractivity contribution is -0.116. The number of carbonyl (C=O) groups is 3. The van der Waals surface area contributed by atoms with Crippen LogP contribution in [-0.2, 0) is 23.2 Å². The van der Waals surface area contributed by atoms with Gasteiger partial charge in [0.2, 0.25) is 17.5 Å². The normalized spacial score (nSPS) is 15.9.